The molecule has 0 spiro atoms. The molecule has 104 valence electrons. The molecule has 0 atom stereocenters. The van der Waals surface area contributed by atoms with Crippen LogP contribution in [0.25, 0.3) is 0 Å². The van der Waals surface area contributed by atoms with Crippen molar-refractivity contribution in [3.63, 3.8) is 0 Å². The number of sulfonamides is 1. The number of nitrogens with one attached hydrogen (secondary N) is 1. The molecule has 1 aromatic carbocycles. The van der Waals surface area contributed by atoms with Crippen LogP contribution in [0.15, 0.2) is 47.6 Å². The number of aromatic nitrogens is 1. The fourth-order valence-electron chi connectivity index (χ4n) is 1.51. The number of rotatable bonds is 3. The van der Waals surface area contributed by atoms with Crippen LogP contribution < -0.4 is 10.5 Å². The molecule has 2 aromatic rings. The average molecular weight is 293 g/mol. The zero-order chi connectivity index (χ0) is 14.8. The molecule has 0 unspecified atom stereocenters. The van der Waals surface area contributed by atoms with Gasteiger partial charge >= 0.3 is 0 Å². The number of benzene rings is 1. The maximum Gasteiger partial charge on any atom is 0.257 e. The van der Waals surface area contributed by atoms with Crippen LogP contribution in [0.5, 0.6) is 5.75 Å². The Morgan fingerprint density at radius 1 is 1.25 bits per heavy atom. The molecular formula is C12H11N3O4S. The Morgan fingerprint density at radius 2 is 2.00 bits per heavy atom. The number of nitrogens with zero attached hydrogens (tertiary/aromatic N) is 1. The summed E-state index contributed by atoms with van der Waals surface area (Å²) in [7, 11) is -3.84. The average Bonchev–Trinajstić information content (AvgIpc) is 2.38. The highest BCUT2D eigenvalue weighted by atomic mass is 32.2. The van der Waals surface area contributed by atoms with Crippen LogP contribution in [0.4, 0.5) is 5.69 Å². The van der Waals surface area contributed by atoms with Crippen molar-refractivity contribution < 1.29 is 18.3 Å². The zero-order valence-corrected chi connectivity index (χ0v) is 11.0. The van der Waals surface area contributed by atoms with Crippen molar-refractivity contribution in [3.05, 3.63) is 48.3 Å². The highest BCUT2D eigenvalue weighted by molar-refractivity contribution is 7.89. The number of hydrogen-bond donors (Lipinski definition) is 3. The number of hydrogen-bond acceptors (Lipinski definition) is 5. The summed E-state index contributed by atoms with van der Waals surface area (Å²) in [5.74, 6) is -0.670. The smallest absolute Gasteiger partial charge is 0.257 e. The number of carbonyl (C=O) groups excluding carboxylic acids is 1. The van der Waals surface area contributed by atoms with Gasteiger partial charge < -0.3 is 10.4 Å². The van der Waals surface area contributed by atoms with Crippen molar-refractivity contribution >= 4 is 21.6 Å². The normalized spacial score (nSPS) is 11.1. The highest BCUT2D eigenvalue weighted by Gasteiger charge is 2.11. The van der Waals surface area contributed by atoms with Gasteiger partial charge in [-0.1, -0.05) is 6.07 Å². The Kier molecular flexibility index (Phi) is 3.68. The molecule has 1 amide bonds. The maximum atomic E-state index is 11.9. The summed E-state index contributed by atoms with van der Waals surface area (Å²) in [6.07, 6.45) is 2.47. The van der Waals surface area contributed by atoms with E-state index in [2.05, 4.69) is 10.3 Å². The Morgan fingerprint density at radius 3 is 2.65 bits per heavy atom. The number of anilines is 1. The lowest BCUT2D eigenvalue weighted by Gasteiger charge is -2.06. The van der Waals surface area contributed by atoms with Crippen molar-refractivity contribution in [1.29, 1.82) is 0 Å². The van der Waals surface area contributed by atoms with Gasteiger partial charge in [0.2, 0.25) is 10.0 Å². The van der Waals surface area contributed by atoms with Gasteiger partial charge in [-0.05, 0) is 24.3 Å². The Hall–Kier alpha value is -2.45. The SMILES string of the molecule is NS(=O)(=O)c1cccc(NC(=O)c2cncc(O)c2)c1. The van der Waals surface area contributed by atoms with Gasteiger partial charge in [0.1, 0.15) is 5.75 Å². The van der Waals surface area contributed by atoms with Crippen LogP contribution in [0, 0.1) is 0 Å². The Labute approximate surface area is 115 Å². The van der Waals surface area contributed by atoms with E-state index in [9.17, 15) is 18.3 Å². The summed E-state index contributed by atoms with van der Waals surface area (Å²) in [5, 5.41) is 16.7. The fourth-order valence-corrected chi connectivity index (χ4v) is 2.07. The van der Waals surface area contributed by atoms with Gasteiger partial charge in [-0.15, -0.1) is 0 Å². The zero-order valence-electron chi connectivity index (χ0n) is 10.1. The summed E-state index contributed by atoms with van der Waals surface area (Å²) in [6, 6.07) is 6.77. The molecule has 7 nitrogen and oxygen atoms in total. The molecular weight excluding hydrogens is 282 g/mol. The van der Waals surface area contributed by atoms with Gasteiger partial charge in [-0.2, -0.15) is 0 Å². The molecule has 0 saturated heterocycles. The lowest BCUT2D eigenvalue weighted by Crippen LogP contribution is -2.15. The predicted octanol–water partition coefficient (Wildman–Crippen LogP) is 0.687. The first-order valence-corrected chi connectivity index (χ1v) is 6.99. The quantitative estimate of drug-likeness (QED) is 0.768. The van der Waals surface area contributed by atoms with E-state index in [1.807, 2.05) is 0 Å². The minimum Gasteiger partial charge on any atom is -0.506 e. The fraction of sp³-hybridized carbons (Fsp3) is 0. The lowest BCUT2D eigenvalue weighted by molar-refractivity contribution is 0.102. The summed E-state index contributed by atoms with van der Waals surface area (Å²) in [5.41, 5.74) is 0.413. The molecule has 1 aromatic heterocycles. The first kappa shape index (κ1) is 14.0. The number of aromatic hydroxyl groups is 1. The molecule has 4 N–H and O–H groups in total. The molecule has 2 rings (SSSR count). The van der Waals surface area contributed by atoms with Crippen LogP contribution in [0.2, 0.25) is 0 Å². The lowest BCUT2D eigenvalue weighted by atomic mass is 10.2. The maximum absolute atomic E-state index is 11.9. The Bertz CT molecular complexity index is 759. The van der Waals surface area contributed by atoms with Crippen LogP contribution in [0.1, 0.15) is 10.4 Å². The largest absolute Gasteiger partial charge is 0.506 e. The van der Waals surface area contributed by atoms with E-state index in [0.29, 0.717) is 0 Å². The first-order chi connectivity index (χ1) is 9.36. The minimum atomic E-state index is -3.84. The molecule has 8 heteroatoms. The second kappa shape index (κ2) is 5.27. The third-order valence-electron chi connectivity index (χ3n) is 2.41. The predicted molar refractivity (Wildman–Crippen MR) is 71.7 cm³/mol. The minimum absolute atomic E-state index is 0.107. The number of pyridine rings is 1. The van der Waals surface area contributed by atoms with E-state index in [-0.39, 0.29) is 21.9 Å². The van der Waals surface area contributed by atoms with E-state index in [0.717, 1.165) is 0 Å². The van der Waals surface area contributed by atoms with Gasteiger partial charge in [-0.3, -0.25) is 9.78 Å². The second-order valence-electron chi connectivity index (χ2n) is 3.96. The van der Waals surface area contributed by atoms with Gasteiger partial charge in [0.25, 0.3) is 5.91 Å². The van der Waals surface area contributed by atoms with E-state index < -0.39 is 15.9 Å². The summed E-state index contributed by atoms with van der Waals surface area (Å²) in [4.78, 5) is 15.5. The van der Waals surface area contributed by atoms with Crippen molar-refractivity contribution in [2.24, 2.45) is 5.14 Å². The van der Waals surface area contributed by atoms with Crippen LogP contribution in [-0.2, 0) is 10.0 Å². The number of nitrogens with two attached hydrogens (primary N) is 1. The second-order valence-corrected chi connectivity index (χ2v) is 5.52. The van der Waals surface area contributed by atoms with Crippen molar-refractivity contribution in [2.75, 3.05) is 5.32 Å². The molecule has 0 bridgehead atoms. The van der Waals surface area contributed by atoms with E-state index in [1.54, 1.807) is 0 Å². The molecule has 0 aliphatic rings. The van der Waals surface area contributed by atoms with Gasteiger partial charge in [0.15, 0.2) is 0 Å². The third kappa shape index (κ3) is 3.31. The third-order valence-corrected chi connectivity index (χ3v) is 3.32. The van der Waals surface area contributed by atoms with Gasteiger partial charge in [0, 0.05) is 11.9 Å². The standard InChI is InChI=1S/C12H11N3O4S/c13-20(18,19)11-3-1-2-9(5-11)15-12(17)8-4-10(16)7-14-6-8/h1-7,16H,(H,15,17)(H2,13,18,19). The number of carbonyl (C=O) groups is 1. The molecule has 0 saturated carbocycles. The topological polar surface area (TPSA) is 122 Å². The summed E-state index contributed by atoms with van der Waals surface area (Å²) >= 11 is 0. The van der Waals surface area contributed by atoms with Crippen molar-refractivity contribution in [3.8, 4) is 5.75 Å². The number of primary sulfonamides is 1. The summed E-state index contributed by atoms with van der Waals surface area (Å²) in [6.45, 7) is 0. The van der Waals surface area contributed by atoms with Crippen LogP contribution in [0.3, 0.4) is 0 Å². The van der Waals surface area contributed by atoms with E-state index >= 15 is 0 Å². The molecule has 0 aliphatic heterocycles. The van der Waals surface area contributed by atoms with Crippen molar-refractivity contribution in [2.45, 2.75) is 4.90 Å². The van der Waals surface area contributed by atoms with E-state index in [4.69, 9.17) is 5.14 Å². The molecule has 0 fully saturated rings. The Balaban J connectivity index is 2.25. The van der Waals surface area contributed by atoms with Gasteiger partial charge in [-0.25, -0.2) is 13.6 Å². The molecule has 0 aliphatic carbocycles. The van der Waals surface area contributed by atoms with Crippen molar-refractivity contribution in [1.82, 2.24) is 4.98 Å². The van der Waals surface area contributed by atoms with Gasteiger partial charge in [0.05, 0.1) is 16.7 Å². The van der Waals surface area contributed by atoms with Crippen LogP contribution >= 0.6 is 0 Å². The highest BCUT2D eigenvalue weighted by Crippen LogP contribution is 2.16. The van der Waals surface area contributed by atoms with Crippen LogP contribution in [-0.4, -0.2) is 24.4 Å². The number of amides is 1. The molecule has 0 radical (unpaired) electrons. The molecule has 20 heavy (non-hydrogen) atoms. The first-order valence-electron chi connectivity index (χ1n) is 5.44. The summed E-state index contributed by atoms with van der Waals surface area (Å²) < 4.78 is 22.4. The monoisotopic (exact) mass is 293 g/mol. The molecule has 1 heterocycles. The van der Waals surface area contributed by atoms with E-state index in [1.165, 1.54) is 42.7 Å².